The Labute approximate surface area is 157 Å². The molecule has 2 aromatic rings. The van der Waals surface area contributed by atoms with Gasteiger partial charge in [-0.2, -0.15) is 0 Å². The molecule has 0 aromatic heterocycles. The smallest absolute Gasteiger partial charge is 0.240 e. The van der Waals surface area contributed by atoms with Crippen LogP contribution < -0.4 is 15.4 Å². The van der Waals surface area contributed by atoms with Crippen LogP contribution in [0, 0.1) is 18.2 Å². The molecule has 0 aliphatic heterocycles. The van der Waals surface area contributed by atoms with Gasteiger partial charge in [0, 0.05) is 17.4 Å². The van der Waals surface area contributed by atoms with E-state index in [0.29, 0.717) is 24.2 Å². The van der Waals surface area contributed by atoms with Gasteiger partial charge in [0.1, 0.15) is 5.41 Å². The van der Waals surface area contributed by atoms with Gasteiger partial charge >= 0.3 is 0 Å². The fourth-order valence-electron chi connectivity index (χ4n) is 2.75. The fourth-order valence-corrected chi connectivity index (χ4v) is 2.75. The monoisotopic (exact) mass is 370 g/mol. The van der Waals surface area contributed by atoms with E-state index in [2.05, 4.69) is 10.6 Å². The molecule has 1 aliphatic carbocycles. The zero-order valence-electron chi connectivity index (χ0n) is 15.6. The highest BCUT2D eigenvalue weighted by Gasteiger charge is 2.56. The zero-order valence-corrected chi connectivity index (χ0v) is 15.6. The molecule has 2 N–H and O–H groups in total. The van der Waals surface area contributed by atoms with E-state index < -0.39 is 17.1 Å². The van der Waals surface area contributed by atoms with Crippen molar-refractivity contribution < 1.29 is 18.7 Å². The third-order valence-electron chi connectivity index (χ3n) is 4.48. The number of hydrogen-bond acceptors (Lipinski definition) is 3. The van der Waals surface area contributed by atoms with Crippen LogP contribution >= 0.6 is 0 Å². The van der Waals surface area contributed by atoms with Crippen molar-refractivity contribution in [2.75, 3.05) is 10.6 Å². The number of nitrogens with one attached hydrogen (secondary N) is 2. The molecule has 0 unspecified atom stereocenters. The second-order valence-electron chi connectivity index (χ2n) is 7.17. The van der Waals surface area contributed by atoms with Crippen LogP contribution in [0.2, 0.25) is 0 Å². The molecule has 0 atom stereocenters. The summed E-state index contributed by atoms with van der Waals surface area (Å²) in [5, 5.41) is 5.43. The van der Waals surface area contributed by atoms with Gasteiger partial charge in [-0.3, -0.25) is 9.59 Å². The summed E-state index contributed by atoms with van der Waals surface area (Å²) in [4.78, 5) is 25.2. The number of halogens is 1. The Morgan fingerprint density at radius 3 is 2.07 bits per heavy atom. The van der Waals surface area contributed by atoms with Crippen molar-refractivity contribution in [3.8, 4) is 5.75 Å². The minimum Gasteiger partial charge on any atom is -0.488 e. The highest BCUT2D eigenvalue weighted by molar-refractivity contribution is 6.16. The molecule has 1 saturated carbocycles. The summed E-state index contributed by atoms with van der Waals surface area (Å²) in [7, 11) is 0. The van der Waals surface area contributed by atoms with Gasteiger partial charge in [-0.25, -0.2) is 4.39 Å². The SMILES string of the molecule is Cc1ccc(NC(=O)C2(C(=O)Nc3ccc(OC(C)C)c(F)c3)CC2)cc1. The van der Waals surface area contributed by atoms with E-state index in [1.54, 1.807) is 32.0 Å². The molecule has 6 heteroatoms. The molecule has 2 aromatic carbocycles. The summed E-state index contributed by atoms with van der Waals surface area (Å²) in [6.45, 7) is 5.56. The number of carbonyl (C=O) groups excluding carboxylic acids is 2. The minimum absolute atomic E-state index is 0.126. The number of anilines is 2. The van der Waals surface area contributed by atoms with Crippen molar-refractivity contribution >= 4 is 23.2 Å². The summed E-state index contributed by atoms with van der Waals surface area (Å²) < 4.78 is 19.4. The second kappa shape index (κ2) is 7.39. The largest absolute Gasteiger partial charge is 0.488 e. The molecule has 0 saturated heterocycles. The summed E-state index contributed by atoms with van der Waals surface area (Å²) >= 11 is 0. The number of rotatable bonds is 6. The molecule has 0 radical (unpaired) electrons. The van der Waals surface area contributed by atoms with Crippen LogP contribution in [0.5, 0.6) is 5.75 Å². The van der Waals surface area contributed by atoms with Gasteiger partial charge < -0.3 is 15.4 Å². The van der Waals surface area contributed by atoms with Crippen LogP contribution in [0.3, 0.4) is 0 Å². The van der Waals surface area contributed by atoms with Gasteiger partial charge in [0.15, 0.2) is 11.6 Å². The van der Waals surface area contributed by atoms with E-state index in [1.165, 1.54) is 12.1 Å². The standard InChI is InChI=1S/C21H23FN2O3/c1-13(2)27-18-9-8-16(12-17(18)22)24-20(26)21(10-11-21)19(25)23-15-6-4-14(3)5-7-15/h4-9,12-13H,10-11H2,1-3H3,(H,23,25)(H,24,26). The first-order valence-corrected chi connectivity index (χ1v) is 8.96. The minimum atomic E-state index is -1.10. The normalized spacial score (nSPS) is 14.6. The number of amides is 2. The molecule has 5 nitrogen and oxygen atoms in total. The van der Waals surface area contributed by atoms with Crippen LogP contribution in [0.25, 0.3) is 0 Å². The van der Waals surface area contributed by atoms with Crippen LogP contribution in [0.1, 0.15) is 32.3 Å². The van der Waals surface area contributed by atoms with Crippen molar-refractivity contribution in [3.63, 3.8) is 0 Å². The molecule has 0 spiro atoms. The number of carbonyl (C=O) groups is 2. The van der Waals surface area contributed by atoms with Gasteiger partial charge in [-0.1, -0.05) is 17.7 Å². The van der Waals surface area contributed by atoms with E-state index in [0.717, 1.165) is 5.56 Å². The summed E-state index contributed by atoms with van der Waals surface area (Å²) in [5.74, 6) is -1.20. The molecule has 142 valence electrons. The van der Waals surface area contributed by atoms with E-state index >= 15 is 0 Å². The number of hydrogen-bond donors (Lipinski definition) is 2. The van der Waals surface area contributed by atoms with Crippen molar-refractivity contribution in [1.82, 2.24) is 0 Å². The Hall–Kier alpha value is -2.89. The molecule has 3 rings (SSSR count). The summed E-state index contributed by atoms with van der Waals surface area (Å²) in [6.07, 6.45) is 0.779. The Morgan fingerprint density at radius 1 is 1.00 bits per heavy atom. The van der Waals surface area contributed by atoms with Crippen LogP contribution in [-0.2, 0) is 9.59 Å². The average Bonchev–Trinajstić information content (AvgIpc) is 3.41. The molecule has 0 bridgehead atoms. The Morgan fingerprint density at radius 2 is 1.56 bits per heavy atom. The molecule has 1 fully saturated rings. The number of benzene rings is 2. The van der Waals surface area contributed by atoms with Crippen molar-refractivity contribution in [2.45, 2.75) is 39.7 Å². The first-order chi connectivity index (χ1) is 12.8. The molecule has 2 amide bonds. The molecule has 0 heterocycles. The third kappa shape index (κ3) is 4.27. The van der Waals surface area contributed by atoms with Crippen molar-refractivity contribution in [1.29, 1.82) is 0 Å². The summed E-state index contributed by atoms with van der Waals surface area (Å²) in [6, 6.07) is 11.6. The van der Waals surface area contributed by atoms with E-state index in [-0.39, 0.29) is 17.8 Å². The molecular weight excluding hydrogens is 347 g/mol. The van der Waals surface area contributed by atoms with Gasteiger partial charge in [0.2, 0.25) is 11.8 Å². The quantitative estimate of drug-likeness (QED) is 0.746. The Balaban J connectivity index is 1.67. The molecular formula is C21H23FN2O3. The average molecular weight is 370 g/mol. The number of aryl methyl sites for hydroxylation is 1. The lowest BCUT2D eigenvalue weighted by Crippen LogP contribution is -2.35. The predicted molar refractivity (Wildman–Crippen MR) is 102 cm³/mol. The topological polar surface area (TPSA) is 67.4 Å². The van der Waals surface area contributed by atoms with Crippen molar-refractivity contribution in [2.24, 2.45) is 5.41 Å². The second-order valence-corrected chi connectivity index (χ2v) is 7.17. The lowest BCUT2D eigenvalue weighted by atomic mass is 10.0. The maximum atomic E-state index is 14.1. The maximum absolute atomic E-state index is 14.1. The zero-order chi connectivity index (χ0) is 19.6. The van der Waals surface area contributed by atoms with E-state index in [9.17, 15) is 14.0 Å². The van der Waals surface area contributed by atoms with Gasteiger partial charge in [-0.15, -0.1) is 0 Å². The highest BCUT2D eigenvalue weighted by atomic mass is 19.1. The van der Waals surface area contributed by atoms with Crippen LogP contribution in [-0.4, -0.2) is 17.9 Å². The number of ether oxygens (including phenoxy) is 1. The van der Waals surface area contributed by atoms with Gasteiger partial charge in [0.25, 0.3) is 0 Å². The lowest BCUT2D eigenvalue weighted by molar-refractivity contribution is -0.131. The van der Waals surface area contributed by atoms with E-state index in [1.807, 2.05) is 19.1 Å². The Kier molecular flexibility index (Phi) is 5.17. The molecule has 1 aliphatic rings. The first kappa shape index (κ1) is 18.9. The van der Waals surface area contributed by atoms with Gasteiger partial charge in [0.05, 0.1) is 6.10 Å². The third-order valence-corrected chi connectivity index (χ3v) is 4.48. The predicted octanol–water partition coefficient (Wildman–Crippen LogP) is 4.28. The van der Waals surface area contributed by atoms with Gasteiger partial charge in [-0.05, 0) is 57.9 Å². The van der Waals surface area contributed by atoms with Crippen molar-refractivity contribution in [3.05, 3.63) is 53.8 Å². The van der Waals surface area contributed by atoms with Crippen LogP contribution in [0.4, 0.5) is 15.8 Å². The first-order valence-electron chi connectivity index (χ1n) is 8.96. The fraction of sp³-hybridized carbons (Fsp3) is 0.333. The maximum Gasteiger partial charge on any atom is 0.240 e. The van der Waals surface area contributed by atoms with Crippen LogP contribution in [0.15, 0.2) is 42.5 Å². The lowest BCUT2D eigenvalue weighted by Gasteiger charge is -2.16. The molecule has 27 heavy (non-hydrogen) atoms. The summed E-state index contributed by atoms with van der Waals surface area (Å²) in [5.41, 5.74) is 0.918. The Bertz CT molecular complexity index is 858. The van der Waals surface area contributed by atoms with E-state index in [4.69, 9.17) is 4.74 Å². The highest BCUT2D eigenvalue weighted by Crippen LogP contribution is 2.47.